The van der Waals surface area contributed by atoms with Crippen LogP contribution in [0.25, 0.3) is 0 Å². The lowest BCUT2D eigenvalue weighted by atomic mass is 9.76. The van der Waals surface area contributed by atoms with Crippen LogP contribution in [0.2, 0.25) is 0 Å². The first-order valence-corrected chi connectivity index (χ1v) is 9.71. The first kappa shape index (κ1) is 17.6. The molecule has 2 aromatic heterocycles. The van der Waals surface area contributed by atoms with E-state index in [1.54, 1.807) is 0 Å². The van der Waals surface area contributed by atoms with E-state index in [9.17, 15) is 0 Å². The third-order valence-corrected chi connectivity index (χ3v) is 6.00. The van der Waals surface area contributed by atoms with Crippen molar-refractivity contribution >= 4 is 5.95 Å². The average molecular weight is 357 g/mol. The molecule has 2 aliphatic heterocycles. The van der Waals surface area contributed by atoms with E-state index in [-0.39, 0.29) is 10.8 Å². The average Bonchev–Trinajstić information content (AvgIpc) is 3.17. The standard InChI is InChI=1S/C20H32N6/c1-19(2,3)12-9-26(10-15-17(12)23-11-22-15)18-24-13-7-16(20(4,5)6)21-8-14(13)25-18/h11-12,16,21H,7-10H2,1-6H3,(H,22,23)(H,24,25). The summed E-state index contributed by atoms with van der Waals surface area (Å²) in [6.07, 6.45) is 2.82. The topological polar surface area (TPSA) is 72.6 Å². The number of H-pyrrole nitrogens is 2. The number of hydrogen-bond donors (Lipinski definition) is 3. The van der Waals surface area contributed by atoms with Crippen LogP contribution in [-0.4, -0.2) is 32.5 Å². The van der Waals surface area contributed by atoms with Crippen LogP contribution in [0.5, 0.6) is 0 Å². The smallest absolute Gasteiger partial charge is 0.203 e. The Kier molecular flexibility index (Phi) is 3.95. The number of aromatic amines is 2. The van der Waals surface area contributed by atoms with Crippen LogP contribution in [-0.2, 0) is 19.5 Å². The minimum absolute atomic E-state index is 0.160. The zero-order chi connectivity index (χ0) is 18.7. The van der Waals surface area contributed by atoms with Gasteiger partial charge in [0.15, 0.2) is 0 Å². The summed E-state index contributed by atoms with van der Waals surface area (Å²) in [5.74, 6) is 1.39. The summed E-state index contributed by atoms with van der Waals surface area (Å²) in [5, 5.41) is 3.67. The molecule has 0 aliphatic carbocycles. The first-order chi connectivity index (χ1) is 12.1. The Bertz CT molecular complexity index is 788. The molecule has 3 N–H and O–H groups in total. The lowest BCUT2D eigenvalue weighted by molar-refractivity contribution is 0.252. The molecule has 2 aromatic rings. The van der Waals surface area contributed by atoms with Gasteiger partial charge in [-0.25, -0.2) is 9.97 Å². The molecule has 2 aliphatic rings. The number of fused-ring (bicyclic) bond motifs is 2. The van der Waals surface area contributed by atoms with Gasteiger partial charge < -0.3 is 20.2 Å². The lowest BCUT2D eigenvalue weighted by Crippen LogP contribution is -2.44. The predicted molar refractivity (Wildman–Crippen MR) is 104 cm³/mol. The summed E-state index contributed by atoms with van der Waals surface area (Å²) in [7, 11) is 0. The van der Waals surface area contributed by atoms with Crippen molar-refractivity contribution in [3.8, 4) is 0 Å². The first-order valence-electron chi connectivity index (χ1n) is 9.71. The fraction of sp³-hybridized carbons (Fsp3) is 0.700. The van der Waals surface area contributed by atoms with Gasteiger partial charge >= 0.3 is 0 Å². The molecule has 0 saturated heterocycles. The maximum atomic E-state index is 5.01. The largest absolute Gasteiger partial charge is 0.347 e. The van der Waals surface area contributed by atoms with Crippen LogP contribution in [0, 0.1) is 10.8 Å². The normalized spacial score (nSPS) is 23.7. The third kappa shape index (κ3) is 3.04. The minimum atomic E-state index is 0.160. The quantitative estimate of drug-likeness (QED) is 0.733. The van der Waals surface area contributed by atoms with E-state index < -0.39 is 0 Å². The highest BCUT2D eigenvalue weighted by molar-refractivity contribution is 5.41. The zero-order valence-corrected chi connectivity index (χ0v) is 16.9. The van der Waals surface area contributed by atoms with Crippen molar-refractivity contribution in [2.75, 3.05) is 11.4 Å². The van der Waals surface area contributed by atoms with E-state index in [2.05, 4.69) is 66.7 Å². The number of anilines is 1. The second-order valence-electron chi connectivity index (χ2n) is 10.1. The van der Waals surface area contributed by atoms with Gasteiger partial charge in [0.25, 0.3) is 0 Å². The summed E-state index contributed by atoms with van der Waals surface area (Å²) >= 11 is 0. The van der Waals surface area contributed by atoms with Gasteiger partial charge in [-0.15, -0.1) is 0 Å². The number of nitrogens with one attached hydrogen (secondary N) is 3. The number of rotatable bonds is 1. The molecule has 6 heteroatoms. The van der Waals surface area contributed by atoms with Crippen LogP contribution in [0.15, 0.2) is 6.33 Å². The second-order valence-corrected chi connectivity index (χ2v) is 10.1. The molecule has 0 radical (unpaired) electrons. The molecule has 0 amide bonds. The summed E-state index contributed by atoms with van der Waals surface area (Å²) in [6, 6.07) is 0.467. The highest BCUT2D eigenvalue weighted by atomic mass is 15.3. The van der Waals surface area contributed by atoms with Crippen molar-refractivity contribution in [2.24, 2.45) is 10.8 Å². The van der Waals surface area contributed by atoms with E-state index in [0.29, 0.717) is 12.0 Å². The van der Waals surface area contributed by atoms with Gasteiger partial charge in [-0.3, -0.25) is 0 Å². The predicted octanol–water partition coefficient (Wildman–Crippen LogP) is 3.34. The fourth-order valence-electron chi connectivity index (χ4n) is 4.16. The molecule has 0 spiro atoms. The summed E-state index contributed by atoms with van der Waals surface area (Å²) < 4.78 is 0. The maximum Gasteiger partial charge on any atom is 0.203 e. The number of nitrogens with zero attached hydrogens (tertiary/aromatic N) is 3. The molecule has 2 unspecified atom stereocenters. The molecule has 0 aromatic carbocycles. The third-order valence-electron chi connectivity index (χ3n) is 6.00. The Morgan fingerprint density at radius 1 is 1.08 bits per heavy atom. The SMILES string of the molecule is CC(C)(C)C1Cc2nc(N3Cc4[nH]cnc4C(C(C)(C)C)C3)[nH]c2CN1. The zero-order valence-electron chi connectivity index (χ0n) is 16.9. The molecule has 4 rings (SSSR count). The van der Waals surface area contributed by atoms with Gasteiger partial charge in [0.2, 0.25) is 5.95 Å². The van der Waals surface area contributed by atoms with E-state index >= 15 is 0 Å². The second kappa shape index (κ2) is 5.84. The monoisotopic (exact) mass is 356 g/mol. The lowest BCUT2D eigenvalue weighted by Gasteiger charge is -2.38. The van der Waals surface area contributed by atoms with Gasteiger partial charge in [-0.05, 0) is 10.8 Å². The van der Waals surface area contributed by atoms with Crippen LogP contribution in [0.1, 0.15) is 70.2 Å². The fourth-order valence-corrected chi connectivity index (χ4v) is 4.16. The van der Waals surface area contributed by atoms with Crippen molar-refractivity contribution in [3.05, 3.63) is 29.1 Å². The molecule has 26 heavy (non-hydrogen) atoms. The number of hydrogen-bond acceptors (Lipinski definition) is 4. The summed E-state index contributed by atoms with van der Waals surface area (Å²) in [5.41, 5.74) is 5.30. The van der Waals surface area contributed by atoms with Crippen LogP contribution >= 0.6 is 0 Å². The molecule has 4 heterocycles. The Labute approximate surface area is 156 Å². The van der Waals surface area contributed by atoms with Gasteiger partial charge in [0, 0.05) is 31.5 Å². The van der Waals surface area contributed by atoms with E-state index in [4.69, 9.17) is 4.98 Å². The molecule has 6 nitrogen and oxygen atoms in total. The Morgan fingerprint density at radius 3 is 2.54 bits per heavy atom. The van der Waals surface area contributed by atoms with Crippen LogP contribution in [0.3, 0.4) is 0 Å². The highest BCUT2D eigenvalue weighted by Gasteiger charge is 2.37. The number of aromatic nitrogens is 4. The molecule has 0 saturated carbocycles. The van der Waals surface area contributed by atoms with Crippen molar-refractivity contribution in [1.29, 1.82) is 0 Å². The molecule has 142 valence electrons. The van der Waals surface area contributed by atoms with E-state index in [1.807, 2.05) is 6.33 Å². The van der Waals surface area contributed by atoms with Gasteiger partial charge in [-0.2, -0.15) is 0 Å². The van der Waals surface area contributed by atoms with Crippen molar-refractivity contribution in [1.82, 2.24) is 25.3 Å². The van der Waals surface area contributed by atoms with Gasteiger partial charge in [0.1, 0.15) is 0 Å². The molecule has 0 bridgehead atoms. The summed E-state index contributed by atoms with van der Waals surface area (Å²) in [4.78, 5) is 18.9. The minimum Gasteiger partial charge on any atom is -0.347 e. The van der Waals surface area contributed by atoms with Crippen LogP contribution in [0.4, 0.5) is 5.95 Å². The van der Waals surface area contributed by atoms with Crippen molar-refractivity contribution < 1.29 is 0 Å². The van der Waals surface area contributed by atoms with E-state index in [1.165, 1.54) is 22.8 Å². The Morgan fingerprint density at radius 2 is 1.85 bits per heavy atom. The molecular weight excluding hydrogens is 324 g/mol. The van der Waals surface area contributed by atoms with Crippen LogP contribution < -0.4 is 10.2 Å². The maximum absolute atomic E-state index is 5.01. The number of imidazole rings is 2. The highest BCUT2D eigenvalue weighted by Crippen LogP contribution is 2.40. The summed E-state index contributed by atoms with van der Waals surface area (Å²) in [6.45, 7) is 16.4. The molecule has 2 atom stereocenters. The van der Waals surface area contributed by atoms with Gasteiger partial charge in [-0.1, -0.05) is 41.5 Å². The van der Waals surface area contributed by atoms with E-state index in [0.717, 1.165) is 32.0 Å². The Balaban J connectivity index is 1.61. The molecular formula is C20H32N6. The van der Waals surface area contributed by atoms with Crippen molar-refractivity contribution in [2.45, 2.75) is 73.0 Å². The van der Waals surface area contributed by atoms with Gasteiger partial charge in [0.05, 0.1) is 35.6 Å². The molecule has 0 fully saturated rings. The Hall–Kier alpha value is -1.82. The van der Waals surface area contributed by atoms with Crippen molar-refractivity contribution in [3.63, 3.8) is 0 Å².